The number of carbonyl (C=O) groups excluding carboxylic acids is 1. The molecule has 0 saturated carbocycles. The molecule has 0 bridgehead atoms. The zero-order chi connectivity index (χ0) is 16.8. The predicted octanol–water partition coefficient (Wildman–Crippen LogP) is 2.67. The van der Waals surface area contributed by atoms with Crippen LogP contribution in [0, 0.1) is 0 Å². The first kappa shape index (κ1) is 15.5. The van der Waals surface area contributed by atoms with E-state index < -0.39 is 6.61 Å². The Balaban J connectivity index is 1.99. The van der Waals surface area contributed by atoms with Gasteiger partial charge in [-0.25, -0.2) is 0 Å². The number of H-pyrrole nitrogens is 1. The maximum atomic E-state index is 11.9. The van der Waals surface area contributed by atoms with Gasteiger partial charge >= 0.3 is 0 Å². The Morgan fingerprint density at radius 3 is 2.88 bits per heavy atom. The number of amides is 1. The molecule has 1 aliphatic heterocycles. The summed E-state index contributed by atoms with van der Waals surface area (Å²) < 4.78 is 2.10. The van der Waals surface area contributed by atoms with E-state index in [9.17, 15) is 4.79 Å². The van der Waals surface area contributed by atoms with Gasteiger partial charge in [0.2, 0.25) is 5.91 Å². The third-order valence-corrected chi connectivity index (χ3v) is 5.23. The van der Waals surface area contributed by atoms with Crippen LogP contribution in [0.15, 0.2) is 24.5 Å². The summed E-state index contributed by atoms with van der Waals surface area (Å²) in [7, 11) is 0. The van der Waals surface area contributed by atoms with Gasteiger partial charge in [0.05, 0.1) is 28.3 Å². The molecule has 0 saturated heterocycles. The van der Waals surface area contributed by atoms with E-state index in [2.05, 4.69) is 14.8 Å². The van der Waals surface area contributed by atoms with Crippen LogP contribution in [0.3, 0.4) is 0 Å². The molecular formula is C16H14Cl2N4O2. The molecule has 0 spiro atoms. The molecule has 2 aromatic heterocycles. The van der Waals surface area contributed by atoms with E-state index in [-0.39, 0.29) is 5.91 Å². The molecule has 0 unspecified atom stereocenters. The quantitative estimate of drug-likeness (QED) is 0.733. The molecule has 2 N–H and O–H groups in total. The number of hydrogen-bond donors (Lipinski definition) is 2. The first-order valence-corrected chi connectivity index (χ1v) is 8.24. The molecular weight excluding hydrogens is 351 g/mol. The number of hydrogen-bond acceptors (Lipinski definition) is 3. The molecule has 0 aliphatic carbocycles. The number of aromatic nitrogens is 3. The van der Waals surface area contributed by atoms with Crippen LogP contribution in [-0.4, -0.2) is 43.8 Å². The summed E-state index contributed by atoms with van der Waals surface area (Å²) in [5, 5.41) is 18.0. The first-order valence-electron chi connectivity index (χ1n) is 7.48. The van der Waals surface area contributed by atoms with E-state index in [1.807, 2.05) is 12.3 Å². The molecule has 0 fully saturated rings. The highest BCUT2D eigenvalue weighted by atomic mass is 35.5. The van der Waals surface area contributed by atoms with Crippen LogP contribution >= 0.6 is 23.2 Å². The Hall–Kier alpha value is -2.02. The Labute approximate surface area is 147 Å². The van der Waals surface area contributed by atoms with Gasteiger partial charge in [0, 0.05) is 41.5 Å². The largest absolute Gasteiger partial charge is 0.387 e. The normalized spacial score (nSPS) is 14.2. The van der Waals surface area contributed by atoms with Crippen LogP contribution in [0.4, 0.5) is 0 Å². The number of fused-ring (bicyclic) bond motifs is 3. The molecule has 3 aromatic rings. The summed E-state index contributed by atoms with van der Waals surface area (Å²) in [6.45, 7) is 1.02. The fourth-order valence-corrected chi connectivity index (χ4v) is 3.76. The maximum absolute atomic E-state index is 11.9. The van der Waals surface area contributed by atoms with Crippen molar-refractivity contribution in [3.63, 3.8) is 0 Å². The van der Waals surface area contributed by atoms with Crippen molar-refractivity contribution < 1.29 is 9.90 Å². The number of aliphatic hydroxyl groups is 1. The Morgan fingerprint density at radius 2 is 2.17 bits per heavy atom. The molecule has 0 atom stereocenters. The van der Waals surface area contributed by atoms with Crippen molar-refractivity contribution >= 4 is 40.0 Å². The molecule has 3 heterocycles. The number of rotatable bonds is 2. The van der Waals surface area contributed by atoms with E-state index in [1.54, 1.807) is 17.2 Å². The lowest BCUT2D eigenvalue weighted by molar-refractivity contribution is -0.135. The smallest absolute Gasteiger partial charge is 0.248 e. The Morgan fingerprint density at radius 1 is 1.33 bits per heavy atom. The summed E-state index contributed by atoms with van der Waals surface area (Å²) in [5.41, 5.74) is 3.73. The molecule has 124 valence electrons. The van der Waals surface area contributed by atoms with Gasteiger partial charge in [0.25, 0.3) is 0 Å². The third-order valence-electron chi connectivity index (χ3n) is 4.43. The van der Waals surface area contributed by atoms with Gasteiger partial charge in [-0.1, -0.05) is 29.3 Å². The van der Waals surface area contributed by atoms with E-state index >= 15 is 0 Å². The van der Waals surface area contributed by atoms with Crippen LogP contribution in [0.1, 0.15) is 5.69 Å². The van der Waals surface area contributed by atoms with Gasteiger partial charge in [-0.05, 0) is 6.07 Å². The van der Waals surface area contributed by atoms with Crippen molar-refractivity contribution in [1.82, 2.24) is 19.7 Å². The van der Waals surface area contributed by atoms with Gasteiger partial charge in [0.1, 0.15) is 6.61 Å². The van der Waals surface area contributed by atoms with Crippen LogP contribution in [0.25, 0.3) is 22.0 Å². The van der Waals surface area contributed by atoms with Crippen molar-refractivity contribution in [3.05, 3.63) is 40.3 Å². The predicted molar refractivity (Wildman–Crippen MR) is 92.0 cm³/mol. The van der Waals surface area contributed by atoms with Gasteiger partial charge in [-0.3, -0.25) is 9.89 Å². The monoisotopic (exact) mass is 364 g/mol. The lowest BCUT2D eigenvalue weighted by Gasteiger charge is -2.29. The molecule has 1 aliphatic rings. The van der Waals surface area contributed by atoms with Crippen LogP contribution in [-0.2, 0) is 17.9 Å². The number of aliphatic hydroxyl groups excluding tert-OH is 1. The highest BCUT2D eigenvalue weighted by Gasteiger charge is 2.28. The summed E-state index contributed by atoms with van der Waals surface area (Å²) >= 11 is 12.7. The van der Waals surface area contributed by atoms with Gasteiger partial charge < -0.3 is 14.6 Å². The second-order valence-electron chi connectivity index (χ2n) is 5.69. The van der Waals surface area contributed by atoms with Crippen LogP contribution < -0.4 is 0 Å². The zero-order valence-electron chi connectivity index (χ0n) is 12.6. The van der Waals surface area contributed by atoms with E-state index in [1.165, 1.54) is 0 Å². The van der Waals surface area contributed by atoms with Gasteiger partial charge in [-0.15, -0.1) is 0 Å². The van der Waals surface area contributed by atoms with E-state index in [0.717, 1.165) is 27.7 Å². The number of benzene rings is 1. The van der Waals surface area contributed by atoms with Crippen LogP contribution in [0.2, 0.25) is 10.0 Å². The molecule has 24 heavy (non-hydrogen) atoms. The first-order chi connectivity index (χ1) is 11.6. The maximum Gasteiger partial charge on any atom is 0.248 e. The average molecular weight is 365 g/mol. The highest BCUT2D eigenvalue weighted by Crippen LogP contribution is 2.41. The average Bonchev–Trinajstić information content (AvgIpc) is 3.22. The van der Waals surface area contributed by atoms with Gasteiger partial charge in [-0.2, -0.15) is 5.10 Å². The molecule has 1 amide bonds. The van der Waals surface area contributed by atoms with E-state index in [0.29, 0.717) is 29.7 Å². The fourth-order valence-electron chi connectivity index (χ4n) is 3.35. The minimum atomic E-state index is -0.492. The summed E-state index contributed by atoms with van der Waals surface area (Å²) in [6.07, 6.45) is 3.55. The minimum absolute atomic E-state index is 0.284. The number of aromatic amines is 1. The zero-order valence-corrected chi connectivity index (χ0v) is 14.1. The minimum Gasteiger partial charge on any atom is -0.387 e. The topological polar surface area (TPSA) is 74.2 Å². The lowest BCUT2D eigenvalue weighted by atomic mass is 10.0. The standard InChI is InChI=1S/C16H14Cl2N4O2/c17-11-2-1-10-14(9-5-19-20-6-9)12-7-21(13(24)8-23)3-4-22(12)16(10)15(11)18/h1-2,5-6,23H,3-4,7-8H2,(H,19,20). The molecule has 0 radical (unpaired) electrons. The summed E-state index contributed by atoms with van der Waals surface area (Å²) in [5.74, 6) is -0.284. The number of carbonyl (C=O) groups is 1. The second kappa shape index (κ2) is 5.81. The summed E-state index contributed by atoms with van der Waals surface area (Å²) in [6, 6.07) is 3.72. The number of nitrogens with one attached hydrogen (secondary N) is 1. The van der Waals surface area contributed by atoms with Crippen molar-refractivity contribution in [3.8, 4) is 11.1 Å². The van der Waals surface area contributed by atoms with Crippen LogP contribution in [0.5, 0.6) is 0 Å². The summed E-state index contributed by atoms with van der Waals surface area (Å²) in [4.78, 5) is 13.6. The molecule has 8 heteroatoms. The Bertz CT molecular complexity index is 934. The third kappa shape index (κ3) is 2.22. The lowest BCUT2D eigenvalue weighted by Crippen LogP contribution is -2.39. The SMILES string of the molecule is O=C(CO)N1CCn2c(c(-c3cn[nH]c3)c3ccc(Cl)c(Cl)c32)C1. The van der Waals surface area contributed by atoms with Crippen molar-refractivity contribution in [1.29, 1.82) is 0 Å². The van der Waals surface area contributed by atoms with Gasteiger partial charge in [0.15, 0.2) is 0 Å². The molecule has 4 rings (SSSR count). The molecule has 6 nitrogen and oxygen atoms in total. The number of halogens is 2. The fraction of sp³-hybridized carbons (Fsp3) is 0.250. The number of nitrogens with zero attached hydrogens (tertiary/aromatic N) is 3. The second-order valence-corrected chi connectivity index (χ2v) is 6.48. The van der Waals surface area contributed by atoms with Crippen molar-refractivity contribution in [2.45, 2.75) is 13.1 Å². The Kier molecular flexibility index (Phi) is 3.75. The highest BCUT2D eigenvalue weighted by molar-refractivity contribution is 6.45. The van der Waals surface area contributed by atoms with Crippen molar-refractivity contribution in [2.75, 3.05) is 13.2 Å². The van der Waals surface area contributed by atoms with Crippen molar-refractivity contribution in [2.24, 2.45) is 0 Å². The van der Waals surface area contributed by atoms with E-state index in [4.69, 9.17) is 28.3 Å². The molecule has 1 aromatic carbocycles.